The van der Waals surface area contributed by atoms with Crippen molar-refractivity contribution in [1.82, 2.24) is 10.2 Å². The monoisotopic (exact) mass is 202 g/mol. The van der Waals surface area contributed by atoms with Gasteiger partial charge in [0.05, 0.1) is 6.54 Å². The third-order valence-electron chi connectivity index (χ3n) is 2.03. The summed E-state index contributed by atoms with van der Waals surface area (Å²) in [6, 6.07) is -0.271. The van der Waals surface area contributed by atoms with Crippen LogP contribution in [0.3, 0.4) is 0 Å². The predicted octanol–water partition coefficient (Wildman–Crippen LogP) is 0.680. The van der Waals surface area contributed by atoms with Crippen molar-refractivity contribution in [3.8, 4) is 0 Å². The maximum Gasteiger partial charge on any atom is 0.324 e. The highest BCUT2D eigenvalue weighted by molar-refractivity contribution is 7.99. The predicted molar refractivity (Wildman–Crippen MR) is 52.7 cm³/mol. The quantitative estimate of drug-likeness (QED) is 0.685. The lowest BCUT2D eigenvalue weighted by molar-refractivity contribution is -0.125. The molecule has 13 heavy (non-hydrogen) atoms. The van der Waals surface area contributed by atoms with E-state index in [1.54, 1.807) is 11.8 Å². The average molecular weight is 202 g/mol. The van der Waals surface area contributed by atoms with Crippen molar-refractivity contribution in [1.29, 1.82) is 0 Å². The van der Waals surface area contributed by atoms with Gasteiger partial charge in [-0.05, 0) is 20.1 Å². The molecule has 0 radical (unpaired) electrons. The molecule has 1 saturated heterocycles. The minimum absolute atomic E-state index is 0.0721. The zero-order chi connectivity index (χ0) is 10.1. The summed E-state index contributed by atoms with van der Waals surface area (Å²) in [6.07, 6.45) is 1.97. The van der Waals surface area contributed by atoms with Crippen LogP contribution in [0.2, 0.25) is 0 Å². The average Bonchev–Trinajstić information content (AvgIpc) is 2.36. The molecule has 1 aliphatic rings. The first-order valence-electron chi connectivity index (χ1n) is 4.09. The van der Waals surface area contributed by atoms with E-state index in [1.165, 1.54) is 4.90 Å². The molecule has 0 unspecified atom stereocenters. The van der Waals surface area contributed by atoms with Gasteiger partial charge in [-0.1, -0.05) is 0 Å². The molecule has 4 nitrogen and oxygen atoms in total. The molecule has 0 bridgehead atoms. The topological polar surface area (TPSA) is 49.4 Å². The molecule has 1 aliphatic heterocycles. The van der Waals surface area contributed by atoms with E-state index in [4.69, 9.17) is 0 Å². The van der Waals surface area contributed by atoms with Gasteiger partial charge < -0.3 is 5.32 Å². The van der Waals surface area contributed by atoms with Crippen LogP contribution in [0.4, 0.5) is 4.79 Å². The highest BCUT2D eigenvalue weighted by Gasteiger charge is 2.33. The van der Waals surface area contributed by atoms with Crippen molar-refractivity contribution in [2.24, 2.45) is 0 Å². The van der Waals surface area contributed by atoms with Gasteiger partial charge in [-0.15, -0.1) is 0 Å². The normalized spacial score (nSPS) is 17.9. The maximum absolute atomic E-state index is 11.2. The summed E-state index contributed by atoms with van der Waals surface area (Å²) in [5.41, 5.74) is 0. The standard InChI is InChI=1S/C8H14N2O2S/c1-8(2,13-3)5-10-6(11)4-9-7(10)12/h4-5H2,1-3H3,(H,9,12). The van der Waals surface area contributed by atoms with Crippen molar-refractivity contribution < 1.29 is 9.59 Å². The number of thioether (sulfide) groups is 1. The lowest BCUT2D eigenvalue weighted by atomic mass is 10.2. The van der Waals surface area contributed by atoms with Gasteiger partial charge >= 0.3 is 6.03 Å². The van der Waals surface area contributed by atoms with Crippen molar-refractivity contribution in [2.75, 3.05) is 19.3 Å². The molecular weight excluding hydrogens is 188 g/mol. The molecule has 1 rings (SSSR count). The second-order valence-electron chi connectivity index (χ2n) is 3.60. The minimum atomic E-state index is -0.271. The van der Waals surface area contributed by atoms with E-state index in [0.717, 1.165) is 0 Å². The minimum Gasteiger partial charge on any atom is -0.329 e. The Labute approximate surface area is 82.0 Å². The molecule has 1 fully saturated rings. The number of hydrogen-bond donors (Lipinski definition) is 1. The summed E-state index contributed by atoms with van der Waals surface area (Å²) in [5, 5.41) is 2.49. The number of urea groups is 1. The van der Waals surface area contributed by atoms with E-state index < -0.39 is 0 Å². The zero-order valence-electron chi connectivity index (χ0n) is 8.09. The van der Waals surface area contributed by atoms with E-state index in [-0.39, 0.29) is 23.2 Å². The van der Waals surface area contributed by atoms with Gasteiger partial charge in [0.15, 0.2) is 0 Å². The van der Waals surface area contributed by atoms with E-state index in [1.807, 2.05) is 20.1 Å². The number of rotatable bonds is 3. The molecule has 0 aromatic carbocycles. The Balaban J connectivity index is 2.62. The second-order valence-corrected chi connectivity index (χ2v) is 5.12. The first-order chi connectivity index (χ1) is 5.96. The van der Waals surface area contributed by atoms with Gasteiger partial charge in [0, 0.05) is 11.3 Å². The van der Waals surface area contributed by atoms with Crippen molar-refractivity contribution in [3.05, 3.63) is 0 Å². The summed E-state index contributed by atoms with van der Waals surface area (Å²) in [6.45, 7) is 4.63. The number of carbonyl (C=O) groups is 2. The van der Waals surface area contributed by atoms with Crippen LogP contribution in [0.5, 0.6) is 0 Å². The number of hydrogen-bond acceptors (Lipinski definition) is 3. The Morgan fingerprint density at radius 2 is 2.15 bits per heavy atom. The van der Waals surface area contributed by atoms with Gasteiger partial charge in [0.2, 0.25) is 5.91 Å². The summed E-state index contributed by atoms with van der Waals surface area (Å²) >= 11 is 1.64. The fourth-order valence-corrected chi connectivity index (χ4v) is 1.32. The smallest absolute Gasteiger partial charge is 0.324 e. The van der Waals surface area contributed by atoms with Crippen LogP contribution >= 0.6 is 11.8 Å². The summed E-state index contributed by atoms with van der Waals surface area (Å²) in [4.78, 5) is 23.6. The van der Waals surface area contributed by atoms with Crippen LogP contribution in [0.25, 0.3) is 0 Å². The molecule has 0 aromatic rings. The number of imide groups is 1. The van der Waals surface area contributed by atoms with Crippen LogP contribution in [0, 0.1) is 0 Å². The maximum atomic E-state index is 11.2. The number of nitrogens with one attached hydrogen (secondary N) is 1. The Morgan fingerprint density at radius 1 is 1.54 bits per heavy atom. The molecule has 0 atom stereocenters. The Morgan fingerprint density at radius 3 is 2.54 bits per heavy atom. The molecule has 0 aliphatic carbocycles. The van der Waals surface area contributed by atoms with Crippen LogP contribution < -0.4 is 5.32 Å². The Kier molecular flexibility index (Phi) is 2.85. The van der Waals surface area contributed by atoms with Crippen LogP contribution in [-0.4, -0.2) is 40.9 Å². The molecular formula is C8H14N2O2S. The second kappa shape index (κ2) is 3.57. The van der Waals surface area contributed by atoms with Crippen molar-refractivity contribution in [3.63, 3.8) is 0 Å². The van der Waals surface area contributed by atoms with Gasteiger partial charge in [-0.3, -0.25) is 9.69 Å². The van der Waals surface area contributed by atoms with Gasteiger partial charge in [-0.2, -0.15) is 11.8 Å². The Bertz CT molecular complexity index is 224. The third-order valence-corrected chi connectivity index (χ3v) is 3.26. The molecule has 1 N–H and O–H groups in total. The lowest BCUT2D eigenvalue weighted by Crippen LogP contribution is -2.40. The SMILES string of the molecule is CSC(C)(C)CN1C(=O)CNC1=O. The fraction of sp³-hybridized carbons (Fsp3) is 0.750. The van der Waals surface area contributed by atoms with E-state index in [0.29, 0.717) is 6.54 Å². The van der Waals surface area contributed by atoms with Gasteiger partial charge in [0.25, 0.3) is 0 Å². The Hall–Kier alpha value is -0.710. The molecule has 0 spiro atoms. The number of nitrogens with zero attached hydrogens (tertiary/aromatic N) is 1. The molecule has 5 heteroatoms. The third kappa shape index (κ3) is 2.37. The van der Waals surface area contributed by atoms with Crippen LogP contribution in [-0.2, 0) is 4.79 Å². The number of carbonyl (C=O) groups excluding carboxylic acids is 2. The summed E-state index contributed by atoms with van der Waals surface area (Å²) in [7, 11) is 0. The van der Waals surface area contributed by atoms with Gasteiger partial charge in [-0.25, -0.2) is 4.79 Å². The first kappa shape index (κ1) is 10.4. The first-order valence-corrected chi connectivity index (χ1v) is 5.32. The zero-order valence-corrected chi connectivity index (χ0v) is 8.90. The number of amides is 3. The molecule has 0 aromatic heterocycles. The molecule has 1 heterocycles. The largest absolute Gasteiger partial charge is 0.329 e. The van der Waals surface area contributed by atoms with Crippen molar-refractivity contribution in [2.45, 2.75) is 18.6 Å². The summed E-state index contributed by atoms with van der Waals surface area (Å²) in [5.74, 6) is -0.132. The van der Waals surface area contributed by atoms with Crippen molar-refractivity contribution >= 4 is 23.7 Å². The fourth-order valence-electron chi connectivity index (χ4n) is 1.06. The molecule has 3 amide bonds. The van der Waals surface area contributed by atoms with E-state index >= 15 is 0 Å². The van der Waals surface area contributed by atoms with Crippen LogP contribution in [0.1, 0.15) is 13.8 Å². The molecule has 74 valence electrons. The van der Waals surface area contributed by atoms with Gasteiger partial charge in [0.1, 0.15) is 0 Å². The lowest BCUT2D eigenvalue weighted by Gasteiger charge is -2.26. The highest BCUT2D eigenvalue weighted by atomic mass is 32.2. The van der Waals surface area contributed by atoms with Crippen LogP contribution in [0.15, 0.2) is 0 Å². The molecule has 0 saturated carbocycles. The summed E-state index contributed by atoms with van der Waals surface area (Å²) < 4.78 is -0.0721. The highest BCUT2D eigenvalue weighted by Crippen LogP contribution is 2.23. The van der Waals surface area contributed by atoms with E-state index in [9.17, 15) is 9.59 Å². The van der Waals surface area contributed by atoms with E-state index in [2.05, 4.69) is 5.32 Å².